The van der Waals surface area contributed by atoms with Crippen LogP contribution in [-0.4, -0.2) is 49.4 Å². The summed E-state index contributed by atoms with van der Waals surface area (Å²) < 4.78 is 2.22. The number of carbonyl (C=O) groups is 1. The minimum Gasteiger partial charge on any atom is -0.342 e. The van der Waals surface area contributed by atoms with Crippen molar-refractivity contribution in [1.82, 2.24) is 24.6 Å². The Morgan fingerprint density at radius 1 is 0.878 bits per heavy atom. The maximum absolute atomic E-state index is 13.1. The van der Waals surface area contributed by atoms with Crippen LogP contribution in [0.2, 0.25) is 0 Å². The summed E-state index contributed by atoms with van der Waals surface area (Å²) in [6.07, 6.45) is 3.18. The Morgan fingerprint density at radius 3 is 2.32 bits per heavy atom. The molecule has 2 aromatic heterocycles. The normalized spacial score (nSPS) is 14.7. The first-order valence-corrected chi connectivity index (χ1v) is 15.5. The number of para-hydroxylation sites is 1. The minimum atomic E-state index is 0.115. The van der Waals surface area contributed by atoms with Gasteiger partial charge in [-0.1, -0.05) is 105 Å². The monoisotopic (exact) mass is 563 g/mol. The molecule has 0 radical (unpaired) electrons. The largest absolute Gasteiger partial charge is 0.342 e. The van der Waals surface area contributed by atoms with Gasteiger partial charge in [-0.2, -0.15) is 0 Å². The van der Waals surface area contributed by atoms with Gasteiger partial charge in [-0.05, 0) is 53.4 Å². The molecule has 0 spiro atoms. The van der Waals surface area contributed by atoms with Crippen molar-refractivity contribution in [3.8, 4) is 0 Å². The molecule has 1 fully saturated rings. The molecule has 1 amide bonds. The van der Waals surface area contributed by atoms with Crippen molar-refractivity contribution >= 4 is 39.7 Å². The molecule has 0 aliphatic carbocycles. The lowest BCUT2D eigenvalue weighted by Crippen LogP contribution is -2.39. The van der Waals surface area contributed by atoms with E-state index in [4.69, 9.17) is 4.98 Å². The van der Waals surface area contributed by atoms with Crippen molar-refractivity contribution in [1.29, 1.82) is 0 Å². The number of fused-ring (bicyclic) bond motifs is 3. The van der Waals surface area contributed by atoms with Gasteiger partial charge >= 0.3 is 0 Å². The highest BCUT2D eigenvalue weighted by atomic mass is 32.2. The number of carbonyl (C=O) groups excluding carboxylic acids is 1. The second-order valence-corrected chi connectivity index (χ2v) is 13.1. The molecule has 0 N–H and O–H groups in total. The summed E-state index contributed by atoms with van der Waals surface area (Å²) in [5.41, 5.74) is 6.70. The first-order chi connectivity index (χ1) is 19.8. The number of hydrogen-bond donors (Lipinski definition) is 0. The van der Waals surface area contributed by atoms with E-state index in [1.165, 1.54) is 28.5 Å². The summed E-state index contributed by atoms with van der Waals surface area (Å²) >= 11 is 1.38. The van der Waals surface area contributed by atoms with Crippen molar-refractivity contribution in [3.05, 3.63) is 95.6 Å². The van der Waals surface area contributed by atoms with E-state index in [2.05, 4.69) is 102 Å². The van der Waals surface area contributed by atoms with Crippen LogP contribution >= 0.6 is 11.8 Å². The van der Waals surface area contributed by atoms with Crippen LogP contribution in [0.1, 0.15) is 50.3 Å². The minimum absolute atomic E-state index is 0.115. The molecule has 0 atom stereocenters. The predicted molar refractivity (Wildman–Crippen MR) is 167 cm³/mol. The van der Waals surface area contributed by atoms with E-state index in [9.17, 15) is 4.79 Å². The Hall–Kier alpha value is -3.71. The molecule has 0 bridgehead atoms. The van der Waals surface area contributed by atoms with Crippen molar-refractivity contribution < 1.29 is 4.79 Å². The zero-order valence-electron chi connectivity index (χ0n) is 24.1. The quantitative estimate of drug-likeness (QED) is 0.202. The second kappa shape index (κ2) is 11.6. The molecule has 0 unspecified atom stereocenters. The van der Waals surface area contributed by atoms with Crippen molar-refractivity contribution in [2.45, 2.75) is 57.1 Å². The summed E-state index contributed by atoms with van der Waals surface area (Å²) in [5, 5.41) is 10.6. The van der Waals surface area contributed by atoms with Gasteiger partial charge < -0.3 is 9.47 Å². The summed E-state index contributed by atoms with van der Waals surface area (Å²) in [6, 6.07) is 27.7. The molecule has 41 heavy (non-hydrogen) atoms. The topological polar surface area (TPSA) is 63.9 Å². The predicted octanol–water partition coefficient (Wildman–Crippen LogP) is 6.90. The van der Waals surface area contributed by atoms with Crippen LogP contribution in [0.3, 0.4) is 0 Å². The number of rotatable bonds is 7. The fourth-order valence-corrected chi connectivity index (χ4v) is 6.44. The third kappa shape index (κ3) is 6.15. The highest BCUT2D eigenvalue weighted by molar-refractivity contribution is 7.99. The number of nitrogens with zero attached hydrogens (tertiary/aromatic N) is 5. The molecule has 1 aliphatic heterocycles. The van der Waals surface area contributed by atoms with Gasteiger partial charge in [0.25, 0.3) is 0 Å². The number of amides is 1. The number of thioether (sulfide) groups is 1. The number of benzene rings is 3. The Bertz CT molecular complexity index is 1650. The van der Waals surface area contributed by atoms with Crippen LogP contribution < -0.4 is 0 Å². The van der Waals surface area contributed by atoms with E-state index in [0.717, 1.165) is 54.4 Å². The number of likely N-dealkylation sites (tertiary alicyclic amines) is 1. The smallest absolute Gasteiger partial charge is 0.233 e. The van der Waals surface area contributed by atoms with Crippen LogP contribution in [0.15, 0.2) is 84.0 Å². The van der Waals surface area contributed by atoms with E-state index in [1.807, 2.05) is 17.0 Å². The summed E-state index contributed by atoms with van der Waals surface area (Å²) in [6.45, 7) is 9.02. The van der Waals surface area contributed by atoms with Crippen LogP contribution in [-0.2, 0) is 23.2 Å². The van der Waals surface area contributed by atoms with Gasteiger partial charge in [-0.25, -0.2) is 4.98 Å². The highest BCUT2D eigenvalue weighted by Gasteiger charge is 2.24. The number of hydrogen-bond acceptors (Lipinski definition) is 5. The van der Waals surface area contributed by atoms with Gasteiger partial charge in [0.05, 0.1) is 11.3 Å². The molecule has 3 aromatic carbocycles. The lowest BCUT2D eigenvalue weighted by atomic mass is 9.87. The standard InChI is InChI=1S/C34H37N5OS/c1-34(2,3)27-15-13-26(14-16-27)22-39-29-12-8-7-11-28(29)31-32(39)35-33(37-36-31)41-23-30(40)38-19-17-25(18-20-38)21-24-9-5-4-6-10-24/h4-16,25H,17-23H2,1-3H3. The molecule has 1 aliphatic rings. The second-order valence-electron chi connectivity index (χ2n) is 12.1. The number of aromatic nitrogens is 4. The fraction of sp³-hybridized carbons (Fsp3) is 0.353. The molecular weight excluding hydrogens is 526 g/mol. The first-order valence-electron chi connectivity index (χ1n) is 14.5. The van der Waals surface area contributed by atoms with E-state index < -0.39 is 0 Å². The Kier molecular flexibility index (Phi) is 7.80. The molecule has 210 valence electrons. The van der Waals surface area contributed by atoms with Crippen molar-refractivity contribution in [2.75, 3.05) is 18.8 Å². The van der Waals surface area contributed by atoms with Gasteiger partial charge in [0, 0.05) is 25.0 Å². The van der Waals surface area contributed by atoms with Gasteiger partial charge in [0.2, 0.25) is 11.1 Å². The van der Waals surface area contributed by atoms with E-state index in [-0.39, 0.29) is 11.3 Å². The third-order valence-corrected chi connectivity index (χ3v) is 9.00. The molecule has 6 nitrogen and oxygen atoms in total. The Balaban J connectivity index is 1.15. The van der Waals surface area contributed by atoms with Crippen LogP contribution in [0.4, 0.5) is 0 Å². The molecule has 6 rings (SSSR count). The fourth-order valence-electron chi connectivity index (χ4n) is 5.75. The summed E-state index contributed by atoms with van der Waals surface area (Å²) in [5.74, 6) is 1.11. The molecule has 3 heterocycles. The average Bonchev–Trinajstić information content (AvgIpc) is 3.29. The molecule has 0 saturated carbocycles. The van der Waals surface area contributed by atoms with Crippen molar-refractivity contribution in [3.63, 3.8) is 0 Å². The summed E-state index contributed by atoms with van der Waals surface area (Å²) in [7, 11) is 0. The van der Waals surface area contributed by atoms with Gasteiger partial charge in [0.1, 0.15) is 5.52 Å². The third-order valence-electron chi connectivity index (χ3n) is 8.17. The lowest BCUT2D eigenvalue weighted by Gasteiger charge is -2.32. The van der Waals surface area contributed by atoms with Gasteiger partial charge in [-0.3, -0.25) is 4.79 Å². The molecular formula is C34H37N5OS. The Labute approximate surface area is 246 Å². The maximum atomic E-state index is 13.1. The van der Waals surface area contributed by atoms with Crippen molar-refractivity contribution in [2.24, 2.45) is 5.92 Å². The zero-order chi connectivity index (χ0) is 28.4. The summed E-state index contributed by atoms with van der Waals surface area (Å²) in [4.78, 5) is 20.0. The van der Waals surface area contributed by atoms with Gasteiger partial charge in [0.15, 0.2) is 5.65 Å². The molecule has 5 aromatic rings. The van der Waals surface area contributed by atoms with Crippen LogP contribution in [0.25, 0.3) is 22.1 Å². The lowest BCUT2D eigenvalue weighted by molar-refractivity contribution is -0.129. The van der Waals surface area contributed by atoms with Crippen LogP contribution in [0, 0.1) is 5.92 Å². The van der Waals surface area contributed by atoms with Crippen LogP contribution in [0.5, 0.6) is 0 Å². The SMILES string of the molecule is CC(C)(C)c1ccc(Cn2c3ccccc3c3nnc(SCC(=O)N4CCC(Cc5ccccc5)CC4)nc32)cc1. The molecule has 1 saturated heterocycles. The van der Waals surface area contributed by atoms with E-state index >= 15 is 0 Å². The zero-order valence-corrected chi connectivity index (χ0v) is 24.9. The van der Waals surface area contributed by atoms with Gasteiger partial charge in [-0.15, -0.1) is 10.2 Å². The maximum Gasteiger partial charge on any atom is 0.233 e. The van der Waals surface area contributed by atoms with E-state index in [1.54, 1.807) is 0 Å². The average molecular weight is 564 g/mol. The van der Waals surface area contributed by atoms with E-state index in [0.29, 0.717) is 23.4 Å². The number of piperidine rings is 1. The Morgan fingerprint density at radius 2 is 1.59 bits per heavy atom. The highest BCUT2D eigenvalue weighted by Crippen LogP contribution is 2.29. The molecule has 7 heteroatoms. The first kappa shape index (κ1) is 27.5.